The van der Waals surface area contributed by atoms with E-state index in [1.54, 1.807) is 19.1 Å². The molecule has 0 fully saturated rings. The lowest BCUT2D eigenvalue weighted by Gasteiger charge is -2.13. The molecule has 13 heavy (non-hydrogen) atoms. The maximum absolute atomic E-state index is 11.2. The lowest BCUT2D eigenvalue weighted by atomic mass is 10.3. The maximum atomic E-state index is 11.2. The third kappa shape index (κ3) is 2.24. The van der Waals surface area contributed by atoms with Crippen LogP contribution in [0.5, 0.6) is 0 Å². The Morgan fingerprint density at radius 1 is 1.46 bits per heavy atom. The van der Waals surface area contributed by atoms with E-state index in [4.69, 9.17) is 5.73 Å². The third-order valence-corrected chi connectivity index (χ3v) is 1.68. The summed E-state index contributed by atoms with van der Waals surface area (Å²) in [5.74, 6) is 0.225. The highest BCUT2D eigenvalue weighted by atomic mass is 16.5. The van der Waals surface area contributed by atoms with Gasteiger partial charge in [-0.15, -0.1) is 0 Å². The standard InChI is InChI=1S/C9H15N3O/c1-6(2)11-8-4-7(3)12(13)9(10)5-8/h4-6,11H,10H2,1-3H3. The fraction of sp³-hybridized carbons (Fsp3) is 0.444. The average Bonchev–Trinajstić information content (AvgIpc) is 1.98. The second-order valence-corrected chi connectivity index (χ2v) is 3.40. The smallest absolute Gasteiger partial charge is 0.277 e. The van der Waals surface area contributed by atoms with Crippen molar-refractivity contribution in [3.8, 4) is 0 Å². The van der Waals surface area contributed by atoms with Crippen molar-refractivity contribution >= 4 is 11.5 Å². The summed E-state index contributed by atoms with van der Waals surface area (Å²) in [6.45, 7) is 5.79. The van der Waals surface area contributed by atoms with Crippen molar-refractivity contribution in [2.75, 3.05) is 11.1 Å². The first-order valence-electron chi connectivity index (χ1n) is 4.27. The molecule has 0 unspecified atom stereocenters. The van der Waals surface area contributed by atoms with Gasteiger partial charge in [-0.25, -0.2) is 4.73 Å². The van der Waals surface area contributed by atoms with Crippen molar-refractivity contribution in [3.05, 3.63) is 23.0 Å². The minimum atomic E-state index is 0.225. The molecule has 0 aliphatic heterocycles. The highest BCUT2D eigenvalue weighted by molar-refractivity contribution is 5.49. The molecule has 0 atom stereocenters. The highest BCUT2D eigenvalue weighted by Crippen LogP contribution is 2.11. The molecule has 0 aliphatic carbocycles. The Morgan fingerprint density at radius 3 is 2.54 bits per heavy atom. The SMILES string of the molecule is Cc1cc(NC(C)C)cc(N)[n+]1[O-]. The van der Waals surface area contributed by atoms with Crippen molar-refractivity contribution in [1.29, 1.82) is 0 Å². The number of hydrogen-bond donors (Lipinski definition) is 2. The number of aromatic nitrogens is 1. The monoisotopic (exact) mass is 181 g/mol. The first kappa shape index (κ1) is 9.64. The Kier molecular flexibility index (Phi) is 2.60. The number of nitrogens with two attached hydrogens (primary N) is 1. The molecule has 0 bridgehead atoms. The predicted octanol–water partition coefficient (Wildman–Crippen LogP) is 1.03. The molecule has 0 amide bonds. The molecule has 1 rings (SSSR count). The summed E-state index contributed by atoms with van der Waals surface area (Å²) in [6.07, 6.45) is 0. The Balaban J connectivity index is 2.99. The number of hydrogen-bond acceptors (Lipinski definition) is 3. The van der Waals surface area contributed by atoms with Crippen LogP contribution < -0.4 is 15.8 Å². The van der Waals surface area contributed by atoms with Gasteiger partial charge in [0.15, 0.2) is 0 Å². The normalized spacial score (nSPS) is 10.5. The molecule has 0 aliphatic rings. The van der Waals surface area contributed by atoms with Crippen LogP contribution in [0.15, 0.2) is 12.1 Å². The van der Waals surface area contributed by atoms with E-state index < -0.39 is 0 Å². The van der Waals surface area contributed by atoms with Crippen LogP contribution >= 0.6 is 0 Å². The lowest BCUT2D eigenvalue weighted by Crippen LogP contribution is -2.34. The van der Waals surface area contributed by atoms with E-state index in [1.807, 2.05) is 13.8 Å². The molecule has 0 radical (unpaired) electrons. The number of aryl methyl sites for hydroxylation is 1. The molecule has 1 aromatic rings. The van der Waals surface area contributed by atoms with Gasteiger partial charge in [0.25, 0.3) is 5.82 Å². The van der Waals surface area contributed by atoms with E-state index in [0.717, 1.165) is 5.69 Å². The summed E-state index contributed by atoms with van der Waals surface area (Å²) in [5.41, 5.74) is 6.99. The molecule has 3 N–H and O–H groups in total. The van der Waals surface area contributed by atoms with Crippen LogP contribution in [-0.2, 0) is 0 Å². The predicted molar refractivity (Wildman–Crippen MR) is 53.3 cm³/mol. The van der Waals surface area contributed by atoms with E-state index in [0.29, 0.717) is 16.5 Å². The Morgan fingerprint density at radius 2 is 2.08 bits per heavy atom. The largest absolute Gasteiger partial charge is 0.710 e. The fourth-order valence-electron chi connectivity index (χ4n) is 1.16. The summed E-state index contributed by atoms with van der Waals surface area (Å²) < 4.78 is 0.714. The first-order valence-corrected chi connectivity index (χ1v) is 4.27. The van der Waals surface area contributed by atoms with Crippen LogP contribution in [0.2, 0.25) is 0 Å². The number of nitrogen functional groups attached to an aromatic ring is 1. The van der Waals surface area contributed by atoms with Crippen LogP contribution in [0.4, 0.5) is 11.5 Å². The maximum Gasteiger partial charge on any atom is 0.277 e. The van der Waals surface area contributed by atoms with Crippen molar-refractivity contribution in [1.82, 2.24) is 0 Å². The van der Waals surface area contributed by atoms with E-state index in [2.05, 4.69) is 5.32 Å². The molecule has 0 aromatic carbocycles. The van der Waals surface area contributed by atoms with E-state index in [1.165, 1.54) is 0 Å². The minimum absolute atomic E-state index is 0.225. The van der Waals surface area contributed by atoms with Crippen LogP contribution in [0.25, 0.3) is 0 Å². The summed E-state index contributed by atoms with van der Waals surface area (Å²) in [5, 5.41) is 14.4. The molecular formula is C9H15N3O. The Labute approximate surface area is 78.0 Å². The van der Waals surface area contributed by atoms with Gasteiger partial charge >= 0.3 is 0 Å². The van der Waals surface area contributed by atoms with Gasteiger partial charge in [0.2, 0.25) is 0 Å². The van der Waals surface area contributed by atoms with Gasteiger partial charge in [-0.2, -0.15) is 0 Å². The number of anilines is 2. The lowest BCUT2D eigenvalue weighted by molar-refractivity contribution is -0.596. The topological polar surface area (TPSA) is 65.0 Å². The van der Waals surface area contributed by atoms with Gasteiger partial charge in [-0.05, 0) is 20.8 Å². The van der Waals surface area contributed by atoms with Gasteiger partial charge in [0.1, 0.15) is 5.69 Å². The molecule has 4 heteroatoms. The average molecular weight is 181 g/mol. The van der Waals surface area contributed by atoms with Gasteiger partial charge in [-0.1, -0.05) is 0 Å². The molecule has 4 nitrogen and oxygen atoms in total. The molecule has 72 valence electrons. The van der Waals surface area contributed by atoms with E-state index in [9.17, 15) is 5.21 Å². The molecule has 1 heterocycles. The van der Waals surface area contributed by atoms with Crippen molar-refractivity contribution < 1.29 is 4.73 Å². The van der Waals surface area contributed by atoms with Gasteiger partial charge in [-0.3, -0.25) is 5.73 Å². The van der Waals surface area contributed by atoms with Crippen molar-refractivity contribution in [2.45, 2.75) is 26.8 Å². The molecular weight excluding hydrogens is 166 g/mol. The Bertz CT molecular complexity index is 287. The van der Waals surface area contributed by atoms with Gasteiger partial charge < -0.3 is 10.5 Å². The third-order valence-electron chi connectivity index (χ3n) is 1.68. The second kappa shape index (κ2) is 3.51. The molecule has 1 aromatic heterocycles. The highest BCUT2D eigenvalue weighted by Gasteiger charge is 2.04. The second-order valence-electron chi connectivity index (χ2n) is 3.40. The zero-order chi connectivity index (χ0) is 10.0. The van der Waals surface area contributed by atoms with Crippen LogP contribution in [-0.4, -0.2) is 6.04 Å². The summed E-state index contributed by atoms with van der Waals surface area (Å²) >= 11 is 0. The van der Waals surface area contributed by atoms with Gasteiger partial charge in [0.05, 0.1) is 6.07 Å². The molecule has 0 spiro atoms. The number of rotatable bonds is 2. The van der Waals surface area contributed by atoms with Crippen LogP contribution in [0.3, 0.4) is 0 Å². The number of pyridine rings is 1. The zero-order valence-electron chi connectivity index (χ0n) is 8.16. The first-order chi connectivity index (χ1) is 6.00. The summed E-state index contributed by atoms with van der Waals surface area (Å²) in [7, 11) is 0. The summed E-state index contributed by atoms with van der Waals surface area (Å²) in [4.78, 5) is 0. The van der Waals surface area contributed by atoms with Gasteiger partial charge in [0, 0.05) is 17.8 Å². The number of nitrogens with one attached hydrogen (secondary N) is 1. The van der Waals surface area contributed by atoms with Crippen molar-refractivity contribution in [3.63, 3.8) is 0 Å². The van der Waals surface area contributed by atoms with E-state index in [-0.39, 0.29) is 5.82 Å². The van der Waals surface area contributed by atoms with Crippen LogP contribution in [0, 0.1) is 12.1 Å². The summed E-state index contributed by atoms with van der Waals surface area (Å²) in [6, 6.07) is 3.75. The quantitative estimate of drug-likeness (QED) is 0.529. The fourth-order valence-corrected chi connectivity index (χ4v) is 1.16. The van der Waals surface area contributed by atoms with Crippen molar-refractivity contribution in [2.24, 2.45) is 0 Å². The molecule has 0 saturated heterocycles. The minimum Gasteiger partial charge on any atom is -0.710 e. The Hall–Kier alpha value is -1.45. The zero-order valence-corrected chi connectivity index (χ0v) is 8.16. The van der Waals surface area contributed by atoms with E-state index >= 15 is 0 Å². The number of nitrogens with zero attached hydrogens (tertiary/aromatic N) is 1. The van der Waals surface area contributed by atoms with Crippen LogP contribution in [0.1, 0.15) is 19.5 Å². The molecule has 0 saturated carbocycles.